The Morgan fingerprint density at radius 1 is 1.24 bits per heavy atom. The van der Waals surface area contributed by atoms with Crippen molar-refractivity contribution in [3.05, 3.63) is 28.8 Å². The highest BCUT2D eigenvalue weighted by molar-refractivity contribution is 9.10. The van der Waals surface area contributed by atoms with Gasteiger partial charge in [0.1, 0.15) is 10.7 Å². The van der Waals surface area contributed by atoms with E-state index in [0.29, 0.717) is 10.3 Å². The molecule has 138 valence electrons. The molecule has 12 heteroatoms. The molecule has 0 saturated heterocycles. The number of nitrogens with one attached hydrogen (secondary N) is 1. The van der Waals surface area contributed by atoms with E-state index in [0.717, 1.165) is 0 Å². The molecule has 0 aromatic carbocycles. The molecule has 0 atom stereocenters. The second kappa shape index (κ2) is 7.02. The third kappa shape index (κ3) is 4.19. The molecule has 25 heavy (non-hydrogen) atoms. The molecule has 9 nitrogen and oxygen atoms in total. The van der Waals surface area contributed by atoms with E-state index in [-0.39, 0.29) is 16.8 Å². The van der Waals surface area contributed by atoms with Gasteiger partial charge in [-0.15, -0.1) is 0 Å². The van der Waals surface area contributed by atoms with Crippen LogP contribution >= 0.6 is 15.9 Å². The number of imidazole rings is 1. The minimum Gasteiger partial charge on any atom is -0.480 e. The van der Waals surface area contributed by atoms with Crippen LogP contribution in [0.2, 0.25) is 0 Å². The molecule has 2 aromatic heterocycles. The molecular formula is C13H17BrN4O5S2. The van der Waals surface area contributed by atoms with E-state index in [9.17, 15) is 16.8 Å². The van der Waals surface area contributed by atoms with Gasteiger partial charge in [-0.3, -0.25) is 0 Å². The number of rotatable bonds is 6. The Morgan fingerprint density at radius 3 is 2.40 bits per heavy atom. The van der Waals surface area contributed by atoms with Crippen molar-refractivity contribution < 1.29 is 21.6 Å². The molecule has 0 saturated carbocycles. The molecule has 1 N–H and O–H groups in total. The number of aryl methyl sites for hydroxylation is 1. The molecule has 0 unspecified atom stereocenters. The molecule has 0 aliphatic rings. The lowest BCUT2D eigenvalue weighted by Gasteiger charge is -2.09. The molecule has 0 fully saturated rings. The summed E-state index contributed by atoms with van der Waals surface area (Å²) in [5.41, 5.74) is 0. The van der Waals surface area contributed by atoms with Gasteiger partial charge in [0, 0.05) is 29.8 Å². The van der Waals surface area contributed by atoms with E-state index in [1.165, 1.54) is 30.1 Å². The van der Waals surface area contributed by atoms with Crippen LogP contribution in [-0.4, -0.2) is 38.5 Å². The van der Waals surface area contributed by atoms with Gasteiger partial charge in [0.05, 0.1) is 7.11 Å². The Bertz CT molecular complexity index is 999. The van der Waals surface area contributed by atoms with Crippen molar-refractivity contribution in [2.45, 2.75) is 29.7 Å². The summed E-state index contributed by atoms with van der Waals surface area (Å²) in [6.45, 7) is 3.70. The SMILES string of the molecule is COc1ncc(Br)cc1S(=O)(=O)NS(=O)(=O)c1cn(C)c(C(C)C)n1. The summed E-state index contributed by atoms with van der Waals surface area (Å²) in [5, 5.41) is -0.385. The van der Waals surface area contributed by atoms with Crippen molar-refractivity contribution in [2.24, 2.45) is 7.05 Å². The predicted molar refractivity (Wildman–Crippen MR) is 93.3 cm³/mol. The van der Waals surface area contributed by atoms with E-state index in [1.54, 1.807) is 11.2 Å². The van der Waals surface area contributed by atoms with Gasteiger partial charge in [0.15, 0.2) is 5.03 Å². The van der Waals surface area contributed by atoms with Crippen molar-refractivity contribution >= 4 is 36.0 Å². The highest BCUT2D eigenvalue weighted by Crippen LogP contribution is 2.25. The van der Waals surface area contributed by atoms with Gasteiger partial charge in [0.25, 0.3) is 20.0 Å². The number of ether oxygens (including phenoxy) is 1. The van der Waals surface area contributed by atoms with Crippen molar-refractivity contribution in [1.82, 2.24) is 18.7 Å². The summed E-state index contributed by atoms with van der Waals surface area (Å²) >= 11 is 3.10. The number of hydrogen-bond acceptors (Lipinski definition) is 7. The summed E-state index contributed by atoms with van der Waals surface area (Å²) in [6.07, 6.45) is 2.59. The summed E-state index contributed by atoms with van der Waals surface area (Å²) in [4.78, 5) is 7.41. The minimum absolute atomic E-state index is 0.0278. The number of nitrogens with zero attached hydrogens (tertiary/aromatic N) is 3. The topological polar surface area (TPSA) is 120 Å². The number of hydrogen-bond donors (Lipinski definition) is 1. The number of halogens is 1. The molecule has 0 amide bonds. The number of sulfonamides is 2. The van der Waals surface area contributed by atoms with Gasteiger partial charge in [-0.2, -0.15) is 0 Å². The van der Waals surface area contributed by atoms with E-state index >= 15 is 0 Å². The second-order valence-corrected chi connectivity index (χ2v) is 9.91. The molecule has 2 heterocycles. The van der Waals surface area contributed by atoms with Gasteiger partial charge in [0.2, 0.25) is 5.88 Å². The van der Waals surface area contributed by atoms with E-state index in [2.05, 4.69) is 25.9 Å². The molecule has 0 bridgehead atoms. The van der Waals surface area contributed by atoms with E-state index < -0.39 is 24.9 Å². The van der Waals surface area contributed by atoms with Gasteiger partial charge < -0.3 is 9.30 Å². The van der Waals surface area contributed by atoms with Crippen molar-refractivity contribution in [3.8, 4) is 5.88 Å². The summed E-state index contributed by atoms with van der Waals surface area (Å²) < 4.78 is 58.4. The Kier molecular flexibility index (Phi) is 5.56. The number of aromatic nitrogens is 3. The van der Waals surface area contributed by atoms with Gasteiger partial charge in [-0.25, -0.2) is 26.8 Å². The summed E-state index contributed by atoms with van der Waals surface area (Å²) in [6, 6.07) is 1.20. The Hall–Kier alpha value is -1.50. The van der Waals surface area contributed by atoms with E-state index in [1.807, 2.05) is 13.8 Å². The Labute approximate surface area is 154 Å². The summed E-state index contributed by atoms with van der Waals surface area (Å²) in [7, 11) is -6.00. The predicted octanol–water partition coefficient (Wildman–Crippen LogP) is 1.38. The first-order valence-corrected chi connectivity index (χ1v) is 10.7. The Morgan fingerprint density at radius 2 is 1.88 bits per heavy atom. The third-order valence-corrected chi connectivity index (χ3v) is 6.98. The molecule has 0 spiro atoms. The van der Waals surface area contributed by atoms with Gasteiger partial charge in [-0.1, -0.05) is 18.0 Å². The second-order valence-electron chi connectivity index (χ2n) is 5.45. The first kappa shape index (κ1) is 19.8. The van der Waals surface area contributed by atoms with Crippen molar-refractivity contribution in [1.29, 1.82) is 0 Å². The largest absolute Gasteiger partial charge is 0.480 e. The molecule has 0 aliphatic heterocycles. The maximum Gasteiger partial charge on any atom is 0.272 e. The van der Waals surface area contributed by atoms with Crippen LogP contribution in [0.5, 0.6) is 5.88 Å². The van der Waals surface area contributed by atoms with E-state index in [4.69, 9.17) is 4.74 Å². The van der Waals surface area contributed by atoms with Crippen LogP contribution in [0.1, 0.15) is 25.6 Å². The average molecular weight is 453 g/mol. The lowest BCUT2D eigenvalue weighted by atomic mass is 10.2. The zero-order valence-corrected chi connectivity index (χ0v) is 17.1. The van der Waals surface area contributed by atoms with Crippen LogP contribution in [-0.2, 0) is 27.1 Å². The van der Waals surface area contributed by atoms with Crippen LogP contribution in [0.15, 0.2) is 32.9 Å². The Balaban J connectivity index is 2.47. The fraction of sp³-hybridized carbons (Fsp3) is 0.385. The molecule has 2 rings (SSSR count). The fourth-order valence-corrected chi connectivity index (χ4v) is 5.60. The van der Waals surface area contributed by atoms with Crippen LogP contribution in [0.25, 0.3) is 0 Å². The zero-order valence-electron chi connectivity index (χ0n) is 13.9. The van der Waals surface area contributed by atoms with Gasteiger partial charge >= 0.3 is 0 Å². The van der Waals surface area contributed by atoms with Crippen LogP contribution < -0.4 is 8.86 Å². The standard InChI is InChI=1S/C13H17BrN4O5S2/c1-8(2)12-16-11(7-18(12)3)25(21,22)17-24(19,20)10-5-9(14)6-15-13(10)23-4/h5-8,17H,1-4H3. The zero-order chi connectivity index (χ0) is 19.0. The van der Waals surface area contributed by atoms with Crippen molar-refractivity contribution in [3.63, 3.8) is 0 Å². The highest BCUT2D eigenvalue weighted by Gasteiger charge is 2.30. The molecule has 0 radical (unpaired) electrons. The van der Waals surface area contributed by atoms with Crippen LogP contribution in [0, 0.1) is 0 Å². The highest BCUT2D eigenvalue weighted by atomic mass is 79.9. The lowest BCUT2D eigenvalue weighted by molar-refractivity contribution is 0.384. The monoisotopic (exact) mass is 452 g/mol. The minimum atomic E-state index is -4.46. The summed E-state index contributed by atoms with van der Waals surface area (Å²) in [5.74, 6) is 0.259. The van der Waals surface area contributed by atoms with Gasteiger partial charge in [-0.05, 0) is 22.0 Å². The quantitative estimate of drug-likeness (QED) is 0.702. The van der Waals surface area contributed by atoms with Crippen LogP contribution in [0.3, 0.4) is 0 Å². The first-order valence-electron chi connectivity index (χ1n) is 6.99. The molecule has 0 aliphatic carbocycles. The maximum atomic E-state index is 12.5. The molecule has 2 aromatic rings. The number of pyridine rings is 1. The lowest BCUT2D eigenvalue weighted by Crippen LogP contribution is -2.31. The first-order chi connectivity index (χ1) is 11.5. The maximum absolute atomic E-state index is 12.5. The molecular weight excluding hydrogens is 436 g/mol. The normalized spacial score (nSPS) is 12.6. The third-order valence-electron chi connectivity index (χ3n) is 3.17. The van der Waals surface area contributed by atoms with Crippen LogP contribution in [0.4, 0.5) is 0 Å². The average Bonchev–Trinajstić information content (AvgIpc) is 2.89. The fourth-order valence-electron chi connectivity index (χ4n) is 2.10. The van der Waals surface area contributed by atoms with Crippen molar-refractivity contribution in [2.75, 3.05) is 7.11 Å². The smallest absolute Gasteiger partial charge is 0.272 e. The number of methoxy groups -OCH3 is 1.